The highest BCUT2D eigenvalue weighted by Gasteiger charge is 2.06. The fourth-order valence-corrected chi connectivity index (χ4v) is 0.822. The Kier molecular flexibility index (Phi) is 7.03. The first-order valence-electron chi connectivity index (χ1n) is 4.18. The lowest BCUT2D eigenvalue weighted by Crippen LogP contribution is -2.19. The minimum Gasteiger partial charge on any atom is -0.464 e. The zero-order valence-corrected chi connectivity index (χ0v) is 7.99. The van der Waals surface area contributed by atoms with Gasteiger partial charge < -0.3 is 14.8 Å². The monoisotopic (exact) mass is 199 g/mol. The van der Waals surface area contributed by atoms with Crippen LogP contribution in [0.3, 0.4) is 0 Å². The van der Waals surface area contributed by atoms with Crippen LogP contribution >= 0.6 is 0 Å². The smallest absolute Gasteiger partial charge is 0.354 e. The van der Waals surface area contributed by atoms with Crippen molar-refractivity contribution in [1.82, 2.24) is 5.32 Å². The molecule has 0 aromatic heterocycles. The summed E-state index contributed by atoms with van der Waals surface area (Å²) >= 11 is 0. The average Bonchev–Trinajstić information content (AvgIpc) is 2.21. The first-order chi connectivity index (χ1) is 6.76. The van der Waals surface area contributed by atoms with Crippen molar-refractivity contribution >= 4 is 18.7 Å². The SMILES string of the molecule is COC(=O)C(=CCCCC=O)NC=O. The van der Waals surface area contributed by atoms with Crippen molar-refractivity contribution in [2.45, 2.75) is 19.3 Å². The Bertz CT molecular complexity index is 235. The van der Waals surface area contributed by atoms with Crippen molar-refractivity contribution in [3.63, 3.8) is 0 Å². The molecule has 0 aliphatic carbocycles. The Balaban J connectivity index is 4.10. The van der Waals surface area contributed by atoms with E-state index in [1.807, 2.05) is 0 Å². The van der Waals surface area contributed by atoms with Crippen molar-refractivity contribution < 1.29 is 19.1 Å². The Morgan fingerprint density at radius 2 is 2.07 bits per heavy atom. The maximum Gasteiger partial charge on any atom is 0.354 e. The molecule has 14 heavy (non-hydrogen) atoms. The predicted octanol–water partition coefficient (Wildman–Crippen LogP) is 0.158. The lowest BCUT2D eigenvalue weighted by atomic mass is 10.2. The molecule has 0 aliphatic rings. The quantitative estimate of drug-likeness (QED) is 0.274. The van der Waals surface area contributed by atoms with E-state index in [1.54, 1.807) is 0 Å². The fraction of sp³-hybridized carbons (Fsp3) is 0.444. The van der Waals surface area contributed by atoms with Gasteiger partial charge in [-0.15, -0.1) is 0 Å². The number of allylic oxidation sites excluding steroid dienone is 1. The number of carbonyl (C=O) groups is 3. The Morgan fingerprint density at radius 3 is 2.57 bits per heavy atom. The molecule has 0 saturated carbocycles. The van der Waals surface area contributed by atoms with Gasteiger partial charge in [0.2, 0.25) is 6.41 Å². The van der Waals surface area contributed by atoms with Crippen molar-refractivity contribution in [1.29, 1.82) is 0 Å². The second-order valence-corrected chi connectivity index (χ2v) is 2.47. The van der Waals surface area contributed by atoms with Crippen LogP contribution < -0.4 is 5.32 Å². The molecule has 1 amide bonds. The first kappa shape index (κ1) is 12.3. The lowest BCUT2D eigenvalue weighted by Gasteiger charge is -2.02. The molecule has 0 rings (SSSR count). The molecule has 1 N–H and O–H groups in total. The highest BCUT2D eigenvalue weighted by Crippen LogP contribution is 1.99. The minimum absolute atomic E-state index is 0.105. The number of hydrogen-bond acceptors (Lipinski definition) is 4. The number of rotatable bonds is 7. The van der Waals surface area contributed by atoms with Gasteiger partial charge in [-0.2, -0.15) is 0 Å². The number of amides is 1. The third-order valence-corrected chi connectivity index (χ3v) is 1.49. The van der Waals surface area contributed by atoms with E-state index in [1.165, 1.54) is 13.2 Å². The lowest BCUT2D eigenvalue weighted by molar-refractivity contribution is -0.137. The maximum atomic E-state index is 11.0. The van der Waals surface area contributed by atoms with Gasteiger partial charge in [0.05, 0.1) is 7.11 Å². The maximum absolute atomic E-state index is 11.0. The largest absolute Gasteiger partial charge is 0.464 e. The third kappa shape index (κ3) is 5.08. The molecule has 5 heteroatoms. The zero-order valence-electron chi connectivity index (χ0n) is 7.99. The van der Waals surface area contributed by atoms with Crippen LogP contribution in [0.4, 0.5) is 0 Å². The molecule has 0 heterocycles. The Hall–Kier alpha value is -1.65. The summed E-state index contributed by atoms with van der Waals surface area (Å²) in [4.78, 5) is 31.1. The highest BCUT2D eigenvalue weighted by atomic mass is 16.5. The van der Waals surface area contributed by atoms with Crippen molar-refractivity contribution in [3.8, 4) is 0 Å². The van der Waals surface area contributed by atoms with E-state index < -0.39 is 5.97 Å². The summed E-state index contributed by atoms with van der Waals surface area (Å²) in [5.74, 6) is -0.594. The van der Waals surface area contributed by atoms with Gasteiger partial charge in [-0.1, -0.05) is 6.08 Å². The summed E-state index contributed by atoms with van der Waals surface area (Å²) in [6.07, 6.45) is 4.37. The number of aldehydes is 1. The van der Waals surface area contributed by atoms with Gasteiger partial charge >= 0.3 is 5.97 Å². The number of nitrogens with one attached hydrogen (secondary N) is 1. The second-order valence-electron chi connectivity index (χ2n) is 2.47. The van der Waals surface area contributed by atoms with Crippen LogP contribution in [0.2, 0.25) is 0 Å². The molecule has 0 radical (unpaired) electrons. The van der Waals surface area contributed by atoms with E-state index in [4.69, 9.17) is 0 Å². The number of unbranched alkanes of at least 4 members (excludes halogenated alkanes) is 2. The summed E-state index contributed by atoms with van der Waals surface area (Å²) in [5, 5.41) is 2.23. The molecule has 0 fully saturated rings. The van der Waals surface area contributed by atoms with Gasteiger partial charge in [0, 0.05) is 6.42 Å². The minimum atomic E-state index is -0.594. The van der Waals surface area contributed by atoms with E-state index in [-0.39, 0.29) is 5.70 Å². The molecule has 0 aromatic carbocycles. The molecular weight excluding hydrogens is 186 g/mol. The van der Waals surface area contributed by atoms with Crippen LogP contribution in [0.1, 0.15) is 19.3 Å². The number of methoxy groups -OCH3 is 1. The van der Waals surface area contributed by atoms with E-state index in [2.05, 4.69) is 10.1 Å². The van der Waals surface area contributed by atoms with Crippen molar-refractivity contribution in [2.24, 2.45) is 0 Å². The molecular formula is C9H13NO4. The Labute approximate surface area is 82.1 Å². The van der Waals surface area contributed by atoms with Gasteiger partial charge in [0.15, 0.2) is 0 Å². The van der Waals surface area contributed by atoms with Crippen LogP contribution in [-0.2, 0) is 19.1 Å². The number of ether oxygens (including phenoxy) is 1. The third-order valence-electron chi connectivity index (χ3n) is 1.49. The molecule has 0 saturated heterocycles. The van der Waals surface area contributed by atoms with Gasteiger partial charge in [-0.25, -0.2) is 4.79 Å². The Morgan fingerprint density at radius 1 is 1.36 bits per heavy atom. The van der Waals surface area contributed by atoms with Crippen LogP contribution in [-0.4, -0.2) is 25.8 Å². The topological polar surface area (TPSA) is 72.5 Å². The van der Waals surface area contributed by atoms with Gasteiger partial charge in [-0.3, -0.25) is 4.79 Å². The molecule has 0 bridgehead atoms. The van der Waals surface area contributed by atoms with E-state index >= 15 is 0 Å². The number of hydrogen-bond donors (Lipinski definition) is 1. The van der Waals surface area contributed by atoms with Crippen LogP contribution in [0.15, 0.2) is 11.8 Å². The molecule has 0 unspecified atom stereocenters. The van der Waals surface area contributed by atoms with Crippen LogP contribution in [0.5, 0.6) is 0 Å². The standard InChI is InChI=1S/C9H13NO4/c1-14-9(13)8(10-7-12)5-3-2-4-6-11/h5-7H,2-4H2,1H3,(H,10,12). The molecule has 0 atom stereocenters. The fourth-order valence-electron chi connectivity index (χ4n) is 0.822. The van der Waals surface area contributed by atoms with E-state index in [0.29, 0.717) is 25.7 Å². The van der Waals surface area contributed by atoms with Gasteiger partial charge in [0.25, 0.3) is 0 Å². The van der Waals surface area contributed by atoms with Crippen LogP contribution in [0.25, 0.3) is 0 Å². The average molecular weight is 199 g/mol. The van der Waals surface area contributed by atoms with Crippen LogP contribution in [0, 0.1) is 0 Å². The van der Waals surface area contributed by atoms with E-state index in [0.717, 1.165) is 6.29 Å². The number of carbonyl (C=O) groups excluding carboxylic acids is 3. The molecule has 0 spiro atoms. The second kappa shape index (κ2) is 7.97. The summed E-state index contributed by atoms with van der Waals surface area (Å²) in [6, 6.07) is 0. The molecule has 5 nitrogen and oxygen atoms in total. The van der Waals surface area contributed by atoms with Gasteiger partial charge in [-0.05, 0) is 12.8 Å². The predicted molar refractivity (Wildman–Crippen MR) is 49.2 cm³/mol. The summed E-state index contributed by atoms with van der Waals surface area (Å²) in [5.41, 5.74) is 0.105. The normalized spacial score (nSPS) is 10.5. The highest BCUT2D eigenvalue weighted by molar-refractivity contribution is 5.89. The zero-order chi connectivity index (χ0) is 10.8. The van der Waals surface area contributed by atoms with E-state index in [9.17, 15) is 14.4 Å². The molecule has 0 aromatic rings. The molecule has 0 aliphatic heterocycles. The van der Waals surface area contributed by atoms with Gasteiger partial charge in [0.1, 0.15) is 12.0 Å². The molecule has 78 valence electrons. The first-order valence-corrected chi connectivity index (χ1v) is 4.18. The summed E-state index contributed by atoms with van der Waals surface area (Å²) in [6.45, 7) is 0. The van der Waals surface area contributed by atoms with Crippen molar-refractivity contribution in [3.05, 3.63) is 11.8 Å². The summed E-state index contributed by atoms with van der Waals surface area (Å²) < 4.78 is 4.42. The summed E-state index contributed by atoms with van der Waals surface area (Å²) in [7, 11) is 1.23. The number of esters is 1. The van der Waals surface area contributed by atoms with Crippen molar-refractivity contribution in [2.75, 3.05) is 7.11 Å².